The molecule has 3 aromatic rings. The predicted octanol–water partition coefficient (Wildman–Crippen LogP) is 3.10. The van der Waals surface area contributed by atoms with Crippen molar-refractivity contribution in [2.45, 2.75) is 6.54 Å². The van der Waals surface area contributed by atoms with Crippen molar-refractivity contribution in [1.82, 2.24) is 10.3 Å². The Morgan fingerprint density at radius 1 is 1.00 bits per heavy atom. The van der Waals surface area contributed by atoms with Crippen LogP contribution in [-0.2, 0) is 6.54 Å². The van der Waals surface area contributed by atoms with Crippen molar-refractivity contribution < 1.29 is 4.79 Å². The Morgan fingerprint density at radius 3 is 2.63 bits per heavy atom. The van der Waals surface area contributed by atoms with Crippen LogP contribution < -0.4 is 5.32 Å². The predicted molar refractivity (Wildman–Crippen MR) is 75.9 cm³/mol. The van der Waals surface area contributed by atoms with Gasteiger partial charge in [-0.2, -0.15) is 0 Å². The van der Waals surface area contributed by atoms with Gasteiger partial charge in [-0.3, -0.25) is 4.79 Å². The smallest absolute Gasteiger partial charge is 0.251 e. The number of amides is 1. The van der Waals surface area contributed by atoms with Crippen molar-refractivity contribution in [3.8, 4) is 0 Å². The third kappa shape index (κ3) is 2.50. The second kappa shape index (κ2) is 4.98. The van der Waals surface area contributed by atoms with Crippen LogP contribution in [0.4, 0.5) is 0 Å². The normalized spacial score (nSPS) is 10.5. The quantitative estimate of drug-likeness (QED) is 0.737. The number of nitrogens with one attached hydrogen (secondary N) is 2. The van der Waals surface area contributed by atoms with Crippen LogP contribution >= 0.6 is 0 Å². The zero-order chi connectivity index (χ0) is 13.1. The number of carbonyl (C=O) groups is 1. The van der Waals surface area contributed by atoms with E-state index in [1.807, 2.05) is 60.8 Å². The first-order valence-corrected chi connectivity index (χ1v) is 6.22. The number of carbonyl (C=O) groups excluding carboxylic acids is 1. The lowest BCUT2D eigenvalue weighted by Gasteiger charge is -2.05. The standard InChI is InChI=1S/C16H14N2O/c19-16(18-11-15-6-3-9-17-15)14-8-7-12-4-1-2-5-13(12)10-14/h1-10,17H,11H2,(H,18,19). The third-order valence-electron chi connectivity index (χ3n) is 3.11. The minimum Gasteiger partial charge on any atom is -0.364 e. The van der Waals surface area contributed by atoms with Crippen LogP contribution in [0.15, 0.2) is 60.8 Å². The van der Waals surface area contributed by atoms with E-state index in [0.29, 0.717) is 12.1 Å². The number of rotatable bonds is 3. The highest BCUT2D eigenvalue weighted by molar-refractivity contribution is 5.98. The van der Waals surface area contributed by atoms with Gasteiger partial charge in [-0.05, 0) is 35.0 Å². The number of fused-ring (bicyclic) bond motifs is 1. The molecule has 0 fully saturated rings. The molecular weight excluding hydrogens is 236 g/mol. The Labute approximate surface area is 111 Å². The Bertz CT molecular complexity index is 702. The van der Waals surface area contributed by atoms with Gasteiger partial charge in [0.05, 0.1) is 6.54 Å². The summed E-state index contributed by atoms with van der Waals surface area (Å²) in [6, 6.07) is 17.6. The van der Waals surface area contributed by atoms with E-state index in [1.54, 1.807) is 0 Å². The molecule has 0 aliphatic carbocycles. The molecule has 0 radical (unpaired) electrons. The molecule has 1 amide bonds. The van der Waals surface area contributed by atoms with Gasteiger partial charge in [0.1, 0.15) is 0 Å². The van der Waals surface area contributed by atoms with Crippen molar-refractivity contribution in [2.75, 3.05) is 0 Å². The van der Waals surface area contributed by atoms with Crippen LogP contribution in [0, 0.1) is 0 Å². The van der Waals surface area contributed by atoms with Crippen molar-refractivity contribution in [3.05, 3.63) is 72.1 Å². The Balaban J connectivity index is 1.77. The van der Waals surface area contributed by atoms with Crippen molar-refractivity contribution in [3.63, 3.8) is 0 Å². The topological polar surface area (TPSA) is 44.9 Å². The van der Waals surface area contributed by atoms with E-state index in [9.17, 15) is 4.79 Å². The van der Waals surface area contributed by atoms with E-state index in [0.717, 1.165) is 16.5 Å². The summed E-state index contributed by atoms with van der Waals surface area (Å²) in [6.07, 6.45) is 1.84. The molecule has 1 aromatic heterocycles. The van der Waals surface area contributed by atoms with Crippen LogP contribution in [0.25, 0.3) is 10.8 Å². The molecule has 0 spiro atoms. The Kier molecular flexibility index (Phi) is 3.02. The highest BCUT2D eigenvalue weighted by atomic mass is 16.1. The van der Waals surface area contributed by atoms with Gasteiger partial charge in [0.2, 0.25) is 0 Å². The van der Waals surface area contributed by atoms with Gasteiger partial charge in [-0.1, -0.05) is 30.3 Å². The molecule has 0 bridgehead atoms. The fourth-order valence-electron chi connectivity index (χ4n) is 2.09. The zero-order valence-corrected chi connectivity index (χ0v) is 10.4. The highest BCUT2D eigenvalue weighted by Gasteiger charge is 2.06. The zero-order valence-electron chi connectivity index (χ0n) is 10.4. The Hall–Kier alpha value is -2.55. The van der Waals surface area contributed by atoms with Crippen molar-refractivity contribution in [2.24, 2.45) is 0 Å². The molecule has 3 heteroatoms. The molecule has 0 saturated carbocycles. The van der Waals surface area contributed by atoms with E-state index in [1.165, 1.54) is 0 Å². The molecule has 2 aromatic carbocycles. The van der Waals surface area contributed by atoms with Crippen LogP contribution in [-0.4, -0.2) is 10.9 Å². The lowest BCUT2D eigenvalue weighted by atomic mass is 10.1. The van der Waals surface area contributed by atoms with Crippen LogP contribution in [0.3, 0.4) is 0 Å². The van der Waals surface area contributed by atoms with E-state index in [2.05, 4.69) is 10.3 Å². The number of aromatic amines is 1. The number of aromatic nitrogens is 1. The summed E-state index contributed by atoms with van der Waals surface area (Å²) in [5, 5.41) is 5.12. The highest BCUT2D eigenvalue weighted by Crippen LogP contribution is 2.15. The van der Waals surface area contributed by atoms with Gasteiger partial charge in [-0.25, -0.2) is 0 Å². The van der Waals surface area contributed by atoms with Gasteiger partial charge in [0.15, 0.2) is 0 Å². The molecule has 94 valence electrons. The fraction of sp³-hybridized carbons (Fsp3) is 0.0625. The summed E-state index contributed by atoms with van der Waals surface area (Å²) in [5.74, 6) is -0.0552. The second-order valence-electron chi connectivity index (χ2n) is 4.44. The summed E-state index contributed by atoms with van der Waals surface area (Å²) >= 11 is 0. The van der Waals surface area contributed by atoms with Crippen LogP contribution in [0.2, 0.25) is 0 Å². The van der Waals surface area contributed by atoms with Gasteiger partial charge >= 0.3 is 0 Å². The molecule has 0 unspecified atom stereocenters. The number of H-pyrrole nitrogens is 1. The summed E-state index contributed by atoms with van der Waals surface area (Å²) in [4.78, 5) is 15.1. The summed E-state index contributed by atoms with van der Waals surface area (Å²) in [5.41, 5.74) is 1.68. The lowest BCUT2D eigenvalue weighted by molar-refractivity contribution is 0.0950. The number of hydrogen-bond acceptors (Lipinski definition) is 1. The molecular formula is C16H14N2O. The molecule has 1 heterocycles. The maximum absolute atomic E-state index is 12.1. The molecule has 0 aliphatic heterocycles. The van der Waals surface area contributed by atoms with E-state index in [-0.39, 0.29) is 5.91 Å². The van der Waals surface area contributed by atoms with Gasteiger partial charge in [-0.15, -0.1) is 0 Å². The average molecular weight is 250 g/mol. The number of hydrogen-bond donors (Lipinski definition) is 2. The minimum absolute atomic E-state index is 0.0552. The third-order valence-corrected chi connectivity index (χ3v) is 3.11. The van der Waals surface area contributed by atoms with E-state index in [4.69, 9.17) is 0 Å². The molecule has 19 heavy (non-hydrogen) atoms. The molecule has 0 aliphatic rings. The van der Waals surface area contributed by atoms with Gasteiger partial charge in [0, 0.05) is 17.5 Å². The second-order valence-corrected chi connectivity index (χ2v) is 4.44. The van der Waals surface area contributed by atoms with Crippen LogP contribution in [0.5, 0.6) is 0 Å². The molecule has 0 atom stereocenters. The SMILES string of the molecule is O=C(NCc1ccc[nH]1)c1ccc2ccccc2c1. The average Bonchev–Trinajstić information content (AvgIpc) is 2.97. The van der Waals surface area contributed by atoms with Crippen molar-refractivity contribution >= 4 is 16.7 Å². The summed E-state index contributed by atoms with van der Waals surface area (Å²) in [6.45, 7) is 0.513. The first kappa shape index (κ1) is 11.5. The summed E-state index contributed by atoms with van der Waals surface area (Å²) in [7, 11) is 0. The van der Waals surface area contributed by atoms with Gasteiger partial charge in [0.25, 0.3) is 5.91 Å². The number of benzene rings is 2. The monoisotopic (exact) mass is 250 g/mol. The fourth-order valence-corrected chi connectivity index (χ4v) is 2.09. The van der Waals surface area contributed by atoms with Crippen molar-refractivity contribution in [1.29, 1.82) is 0 Å². The summed E-state index contributed by atoms with van der Waals surface area (Å²) < 4.78 is 0. The molecule has 3 nitrogen and oxygen atoms in total. The molecule has 2 N–H and O–H groups in total. The first-order chi connectivity index (χ1) is 9.33. The largest absolute Gasteiger partial charge is 0.364 e. The maximum Gasteiger partial charge on any atom is 0.251 e. The van der Waals surface area contributed by atoms with Gasteiger partial charge < -0.3 is 10.3 Å². The van der Waals surface area contributed by atoms with E-state index < -0.39 is 0 Å². The van der Waals surface area contributed by atoms with E-state index >= 15 is 0 Å². The van der Waals surface area contributed by atoms with Crippen LogP contribution in [0.1, 0.15) is 16.1 Å². The Morgan fingerprint density at radius 2 is 1.84 bits per heavy atom. The maximum atomic E-state index is 12.1. The minimum atomic E-state index is -0.0552. The first-order valence-electron chi connectivity index (χ1n) is 6.22. The molecule has 0 saturated heterocycles. The lowest BCUT2D eigenvalue weighted by Crippen LogP contribution is -2.22. The molecule has 3 rings (SSSR count).